The highest BCUT2D eigenvalue weighted by Gasteiger charge is 2.42. The van der Waals surface area contributed by atoms with Crippen molar-refractivity contribution in [3.8, 4) is 0 Å². The van der Waals surface area contributed by atoms with Gasteiger partial charge < -0.3 is 15.7 Å². The van der Waals surface area contributed by atoms with Crippen molar-refractivity contribution in [1.82, 2.24) is 5.32 Å². The number of rotatable bonds is 5. The van der Waals surface area contributed by atoms with E-state index in [1.54, 1.807) is 24.3 Å². The SMILES string of the molecule is O=C(NCCO)c1cccc(N[C@H]2CCC[C@@H](C(F)(F)F)C2)c1. The summed E-state index contributed by atoms with van der Waals surface area (Å²) in [5.41, 5.74) is 1.04. The molecule has 3 N–H and O–H groups in total. The lowest BCUT2D eigenvalue weighted by molar-refractivity contribution is -0.182. The third-order valence-electron chi connectivity index (χ3n) is 4.03. The molecule has 0 bridgehead atoms. The zero-order valence-corrected chi connectivity index (χ0v) is 12.7. The molecule has 0 saturated heterocycles. The van der Waals surface area contributed by atoms with E-state index in [1.165, 1.54) is 0 Å². The number of nitrogens with one attached hydrogen (secondary N) is 2. The summed E-state index contributed by atoms with van der Waals surface area (Å²) in [6, 6.07) is 6.41. The predicted octanol–water partition coefficient (Wildman–Crippen LogP) is 2.94. The average molecular weight is 330 g/mol. The number of carbonyl (C=O) groups excluding carboxylic acids is 1. The predicted molar refractivity (Wildman–Crippen MR) is 81.3 cm³/mol. The van der Waals surface area contributed by atoms with Crippen LogP contribution in [0.25, 0.3) is 0 Å². The van der Waals surface area contributed by atoms with Crippen LogP contribution < -0.4 is 10.6 Å². The van der Waals surface area contributed by atoms with Crippen LogP contribution in [0.5, 0.6) is 0 Å². The first kappa shape index (κ1) is 17.6. The van der Waals surface area contributed by atoms with Crippen LogP contribution in [0.15, 0.2) is 24.3 Å². The fourth-order valence-corrected chi connectivity index (χ4v) is 2.88. The molecule has 0 unspecified atom stereocenters. The van der Waals surface area contributed by atoms with E-state index in [1.807, 2.05) is 0 Å². The van der Waals surface area contributed by atoms with E-state index < -0.39 is 12.1 Å². The number of anilines is 1. The molecule has 1 amide bonds. The standard InChI is InChI=1S/C16H21F3N2O2/c17-16(18,19)12-4-2-6-14(10-12)21-13-5-1-3-11(9-13)15(23)20-7-8-22/h1,3,5,9,12,14,21-22H,2,4,6-8,10H2,(H,20,23)/t12-,14+/m1/s1. The minimum Gasteiger partial charge on any atom is -0.395 e. The number of aliphatic hydroxyl groups is 1. The Labute approximate surface area is 133 Å². The zero-order valence-electron chi connectivity index (χ0n) is 12.7. The second kappa shape index (κ2) is 7.68. The molecule has 4 nitrogen and oxygen atoms in total. The summed E-state index contributed by atoms with van der Waals surface area (Å²) in [6.07, 6.45) is -2.67. The number of alkyl halides is 3. The molecule has 128 valence electrons. The summed E-state index contributed by atoms with van der Waals surface area (Å²) >= 11 is 0. The molecule has 7 heteroatoms. The molecular weight excluding hydrogens is 309 g/mol. The van der Waals surface area contributed by atoms with Crippen molar-refractivity contribution in [2.24, 2.45) is 5.92 Å². The van der Waals surface area contributed by atoms with Gasteiger partial charge in [0.2, 0.25) is 0 Å². The van der Waals surface area contributed by atoms with Gasteiger partial charge in [-0.25, -0.2) is 0 Å². The molecular formula is C16H21F3N2O2. The van der Waals surface area contributed by atoms with Crippen molar-refractivity contribution in [2.45, 2.75) is 37.9 Å². The first-order valence-corrected chi connectivity index (χ1v) is 7.72. The minimum absolute atomic E-state index is 0.0600. The summed E-state index contributed by atoms with van der Waals surface area (Å²) in [4.78, 5) is 11.8. The molecule has 1 aliphatic carbocycles. The topological polar surface area (TPSA) is 61.4 Å². The highest BCUT2D eigenvalue weighted by Crippen LogP contribution is 2.38. The summed E-state index contributed by atoms with van der Waals surface area (Å²) in [6.45, 7) is 0.0109. The number of amides is 1. The summed E-state index contributed by atoms with van der Waals surface area (Å²) in [7, 11) is 0. The quantitative estimate of drug-likeness (QED) is 0.778. The Morgan fingerprint density at radius 1 is 1.30 bits per heavy atom. The number of aliphatic hydroxyl groups excluding tert-OH is 1. The van der Waals surface area contributed by atoms with Crippen molar-refractivity contribution < 1.29 is 23.1 Å². The molecule has 2 rings (SSSR count). The number of benzene rings is 1. The van der Waals surface area contributed by atoms with Crippen molar-refractivity contribution >= 4 is 11.6 Å². The number of carbonyl (C=O) groups is 1. The Kier molecular flexibility index (Phi) is 5.87. The molecule has 0 aliphatic heterocycles. The fraction of sp³-hybridized carbons (Fsp3) is 0.562. The zero-order chi connectivity index (χ0) is 16.9. The van der Waals surface area contributed by atoms with Crippen LogP contribution in [0.1, 0.15) is 36.0 Å². The van der Waals surface area contributed by atoms with Gasteiger partial charge in [0.25, 0.3) is 5.91 Å². The van der Waals surface area contributed by atoms with Crippen molar-refractivity contribution in [1.29, 1.82) is 0 Å². The van der Waals surface area contributed by atoms with Crippen molar-refractivity contribution in [3.63, 3.8) is 0 Å². The summed E-state index contributed by atoms with van der Waals surface area (Å²) in [5, 5.41) is 14.4. The van der Waals surface area contributed by atoms with Gasteiger partial charge in [0.15, 0.2) is 0 Å². The molecule has 23 heavy (non-hydrogen) atoms. The average Bonchev–Trinajstić information content (AvgIpc) is 2.52. The lowest BCUT2D eigenvalue weighted by Crippen LogP contribution is -2.34. The Hall–Kier alpha value is -1.76. The van der Waals surface area contributed by atoms with Crippen LogP contribution in [0.3, 0.4) is 0 Å². The molecule has 0 aromatic heterocycles. The molecule has 1 fully saturated rings. The summed E-state index contributed by atoms with van der Waals surface area (Å²) < 4.78 is 38.5. The van der Waals surface area contributed by atoms with Gasteiger partial charge in [-0.1, -0.05) is 12.5 Å². The maximum atomic E-state index is 12.8. The largest absolute Gasteiger partial charge is 0.395 e. The third kappa shape index (κ3) is 5.13. The van der Waals surface area contributed by atoms with Gasteiger partial charge in [0, 0.05) is 23.8 Å². The van der Waals surface area contributed by atoms with Crippen LogP contribution in [0, 0.1) is 5.92 Å². The van der Waals surface area contributed by atoms with Crippen LogP contribution in [0.4, 0.5) is 18.9 Å². The Balaban J connectivity index is 1.98. The van der Waals surface area contributed by atoms with E-state index in [2.05, 4.69) is 10.6 Å². The van der Waals surface area contributed by atoms with E-state index in [4.69, 9.17) is 5.11 Å². The molecule has 0 spiro atoms. The van der Waals surface area contributed by atoms with Crippen LogP contribution in [-0.4, -0.2) is 36.4 Å². The van der Waals surface area contributed by atoms with Gasteiger partial charge in [-0.05, 0) is 37.5 Å². The van der Waals surface area contributed by atoms with Gasteiger partial charge >= 0.3 is 6.18 Å². The van der Waals surface area contributed by atoms with Crippen LogP contribution in [0.2, 0.25) is 0 Å². The number of halogens is 3. The van der Waals surface area contributed by atoms with Gasteiger partial charge in [0.1, 0.15) is 0 Å². The first-order valence-electron chi connectivity index (χ1n) is 7.72. The van der Waals surface area contributed by atoms with Gasteiger partial charge in [-0.2, -0.15) is 13.2 Å². The maximum Gasteiger partial charge on any atom is 0.391 e. The number of hydrogen-bond acceptors (Lipinski definition) is 3. The van der Waals surface area contributed by atoms with Crippen molar-refractivity contribution in [2.75, 3.05) is 18.5 Å². The lowest BCUT2D eigenvalue weighted by atomic mass is 9.85. The van der Waals surface area contributed by atoms with Gasteiger partial charge in [-0.15, -0.1) is 0 Å². The van der Waals surface area contributed by atoms with E-state index in [-0.39, 0.29) is 37.9 Å². The molecule has 0 radical (unpaired) electrons. The molecule has 0 heterocycles. The van der Waals surface area contributed by atoms with Crippen LogP contribution in [-0.2, 0) is 0 Å². The molecule has 1 saturated carbocycles. The fourth-order valence-electron chi connectivity index (χ4n) is 2.88. The maximum absolute atomic E-state index is 12.8. The lowest BCUT2D eigenvalue weighted by Gasteiger charge is -2.31. The molecule has 2 atom stereocenters. The Morgan fingerprint density at radius 3 is 2.78 bits per heavy atom. The Morgan fingerprint density at radius 2 is 2.09 bits per heavy atom. The second-order valence-electron chi connectivity index (χ2n) is 5.81. The molecule has 1 aliphatic rings. The summed E-state index contributed by atoms with van der Waals surface area (Å²) in [5.74, 6) is -1.58. The second-order valence-corrected chi connectivity index (χ2v) is 5.81. The Bertz CT molecular complexity index is 534. The molecule has 1 aromatic rings. The van der Waals surface area contributed by atoms with E-state index in [0.29, 0.717) is 24.1 Å². The van der Waals surface area contributed by atoms with Crippen molar-refractivity contribution in [3.05, 3.63) is 29.8 Å². The normalized spacial score (nSPS) is 21.7. The van der Waals surface area contributed by atoms with E-state index in [9.17, 15) is 18.0 Å². The number of hydrogen-bond donors (Lipinski definition) is 3. The smallest absolute Gasteiger partial charge is 0.391 e. The van der Waals surface area contributed by atoms with Crippen LogP contribution >= 0.6 is 0 Å². The monoisotopic (exact) mass is 330 g/mol. The highest BCUT2D eigenvalue weighted by atomic mass is 19.4. The van der Waals surface area contributed by atoms with E-state index >= 15 is 0 Å². The first-order chi connectivity index (χ1) is 10.9. The minimum atomic E-state index is -4.15. The third-order valence-corrected chi connectivity index (χ3v) is 4.03. The molecule has 1 aromatic carbocycles. The van der Waals surface area contributed by atoms with Gasteiger partial charge in [-0.3, -0.25) is 4.79 Å². The van der Waals surface area contributed by atoms with E-state index in [0.717, 1.165) is 0 Å². The highest BCUT2D eigenvalue weighted by molar-refractivity contribution is 5.95. The van der Waals surface area contributed by atoms with Gasteiger partial charge in [0.05, 0.1) is 12.5 Å².